The molecule has 1 heterocycles. The summed E-state index contributed by atoms with van der Waals surface area (Å²) in [5, 5.41) is 0.115. The molecule has 0 amide bonds. The number of halogens is 2. The van der Waals surface area contributed by atoms with Gasteiger partial charge in [0.25, 0.3) is 0 Å². The van der Waals surface area contributed by atoms with Crippen LogP contribution in [0.25, 0.3) is 0 Å². The molecule has 8 heteroatoms. The molecule has 1 fully saturated rings. The summed E-state index contributed by atoms with van der Waals surface area (Å²) < 4.78 is 27.5. The number of sulfonamides is 1. The van der Waals surface area contributed by atoms with Crippen LogP contribution in [-0.4, -0.2) is 32.5 Å². The van der Waals surface area contributed by atoms with E-state index in [9.17, 15) is 8.42 Å². The maximum atomic E-state index is 12.4. The monoisotopic (exact) mass is 364 g/mol. The van der Waals surface area contributed by atoms with Gasteiger partial charge in [-0.25, -0.2) is 13.1 Å². The Kier molecular flexibility index (Phi) is 5.83. The summed E-state index contributed by atoms with van der Waals surface area (Å²) in [5.74, 6) is 7.15. The predicted molar refractivity (Wildman–Crippen MR) is 88.4 cm³/mol. The molecule has 4 nitrogen and oxygen atoms in total. The third kappa shape index (κ3) is 4.28. The Morgan fingerprint density at radius 3 is 2.57 bits per heavy atom. The fourth-order valence-corrected chi connectivity index (χ4v) is 5.69. The largest absolute Gasteiger partial charge is 0.320 e. The van der Waals surface area contributed by atoms with Crippen molar-refractivity contribution in [1.29, 1.82) is 0 Å². The van der Waals surface area contributed by atoms with Crippen molar-refractivity contribution in [2.75, 3.05) is 18.1 Å². The van der Waals surface area contributed by atoms with Gasteiger partial charge in [0.15, 0.2) is 0 Å². The van der Waals surface area contributed by atoms with Gasteiger partial charge in [0, 0.05) is 17.4 Å². The SMILES string of the molecule is NCC#Cc1cc(Cl)c(S(=O)(=O)NC2CCSC2)c(Cl)c1. The first-order chi connectivity index (χ1) is 9.94. The molecule has 3 N–H and O–H groups in total. The van der Waals surface area contributed by atoms with Gasteiger partial charge in [-0.2, -0.15) is 11.8 Å². The zero-order valence-electron chi connectivity index (χ0n) is 11.0. The van der Waals surface area contributed by atoms with Crippen LogP contribution in [-0.2, 0) is 10.0 Å². The van der Waals surface area contributed by atoms with Crippen molar-refractivity contribution in [3.63, 3.8) is 0 Å². The minimum absolute atomic E-state index is 0.0574. The minimum Gasteiger partial charge on any atom is -0.320 e. The summed E-state index contributed by atoms with van der Waals surface area (Å²) in [6, 6.07) is 2.88. The normalized spacial score (nSPS) is 18.3. The smallest absolute Gasteiger partial charge is 0.243 e. The quantitative estimate of drug-likeness (QED) is 0.805. The van der Waals surface area contributed by atoms with Crippen molar-refractivity contribution < 1.29 is 8.42 Å². The second-order valence-electron chi connectivity index (χ2n) is 4.46. The topological polar surface area (TPSA) is 72.2 Å². The summed E-state index contributed by atoms with van der Waals surface area (Å²) in [4.78, 5) is -0.0963. The molecule has 1 aromatic rings. The molecule has 1 aliphatic rings. The van der Waals surface area contributed by atoms with E-state index in [1.54, 1.807) is 11.8 Å². The van der Waals surface area contributed by atoms with Crippen LogP contribution in [0.15, 0.2) is 17.0 Å². The predicted octanol–water partition coefficient (Wildman–Crippen LogP) is 2.09. The Bertz CT molecular complexity index is 667. The van der Waals surface area contributed by atoms with Crippen molar-refractivity contribution in [1.82, 2.24) is 4.72 Å². The minimum atomic E-state index is -3.74. The molecule has 114 valence electrons. The highest BCUT2D eigenvalue weighted by Crippen LogP contribution is 2.31. The van der Waals surface area contributed by atoms with Crippen LogP contribution in [0.4, 0.5) is 0 Å². The number of nitrogens with two attached hydrogens (primary N) is 1. The average molecular weight is 365 g/mol. The van der Waals surface area contributed by atoms with E-state index in [0.29, 0.717) is 5.56 Å². The van der Waals surface area contributed by atoms with Crippen molar-refractivity contribution in [2.45, 2.75) is 17.4 Å². The standard InChI is InChI=1S/C13H14Cl2N2O2S2/c14-11-6-9(2-1-4-16)7-12(15)13(11)21(18,19)17-10-3-5-20-8-10/h6-7,10,17H,3-5,8,16H2. The fourth-order valence-electron chi connectivity index (χ4n) is 1.95. The molecular formula is C13H14Cl2N2O2S2. The third-order valence-corrected chi connectivity index (χ3v) is 6.46. The van der Waals surface area contributed by atoms with Gasteiger partial charge in [-0.3, -0.25) is 0 Å². The van der Waals surface area contributed by atoms with E-state index in [0.717, 1.165) is 17.9 Å². The third-order valence-electron chi connectivity index (χ3n) is 2.85. The van der Waals surface area contributed by atoms with Crippen molar-refractivity contribution in [2.24, 2.45) is 5.73 Å². The molecule has 1 aromatic carbocycles. The van der Waals surface area contributed by atoms with Gasteiger partial charge in [-0.05, 0) is 24.3 Å². The van der Waals surface area contributed by atoms with E-state index in [1.807, 2.05) is 0 Å². The van der Waals surface area contributed by atoms with E-state index < -0.39 is 10.0 Å². The Morgan fingerprint density at radius 1 is 1.38 bits per heavy atom. The van der Waals surface area contributed by atoms with Gasteiger partial charge in [-0.1, -0.05) is 35.0 Å². The van der Waals surface area contributed by atoms with E-state index in [4.69, 9.17) is 28.9 Å². The number of hydrogen-bond donors (Lipinski definition) is 2. The molecule has 2 rings (SSSR count). The van der Waals surface area contributed by atoms with Crippen LogP contribution < -0.4 is 10.5 Å². The Morgan fingerprint density at radius 2 is 2.05 bits per heavy atom. The zero-order valence-corrected chi connectivity index (χ0v) is 14.2. The molecule has 1 atom stereocenters. The molecule has 1 aliphatic heterocycles. The van der Waals surface area contributed by atoms with E-state index in [2.05, 4.69) is 16.6 Å². The first kappa shape index (κ1) is 16.9. The molecule has 0 spiro atoms. The molecule has 0 aromatic heterocycles. The summed E-state index contributed by atoms with van der Waals surface area (Å²) in [5.41, 5.74) is 5.83. The highest BCUT2D eigenvalue weighted by molar-refractivity contribution is 7.99. The second kappa shape index (κ2) is 7.23. The van der Waals surface area contributed by atoms with Crippen LogP contribution in [0.1, 0.15) is 12.0 Å². The Labute approximate surface area is 138 Å². The van der Waals surface area contributed by atoms with Gasteiger partial charge in [-0.15, -0.1) is 0 Å². The number of benzene rings is 1. The fraction of sp³-hybridized carbons (Fsp3) is 0.385. The highest BCUT2D eigenvalue weighted by atomic mass is 35.5. The van der Waals surface area contributed by atoms with Crippen LogP contribution in [0.5, 0.6) is 0 Å². The summed E-state index contributed by atoms with van der Waals surface area (Å²) in [7, 11) is -3.74. The lowest BCUT2D eigenvalue weighted by atomic mass is 10.2. The first-order valence-electron chi connectivity index (χ1n) is 6.22. The van der Waals surface area contributed by atoms with Crippen molar-refractivity contribution in [3.8, 4) is 11.8 Å². The number of hydrogen-bond acceptors (Lipinski definition) is 4. The molecule has 0 bridgehead atoms. The van der Waals surface area contributed by atoms with Crippen LogP contribution in [0.3, 0.4) is 0 Å². The van der Waals surface area contributed by atoms with Crippen LogP contribution in [0.2, 0.25) is 10.0 Å². The maximum absolute atomic E-state index is 12.4. The van der Waals surface area contributed by atoms with Gasteiger partial charge >= 0.3 is 0 Å². The lowest BCUT2D eigenvalue weighted by Crippen LogP contribution is -2.34. The molecule has 0 aliphatic carbocycles. The van der Waals surface area contributed by atoms with Crippen LogP contribution in [0, 0.1) is 11.8 Å². The lowest BCUT2D eigenvalue weighted by Gasteiger charge is -2.14. The number of nitrogens with one attached hydrogen (secondary N) is 1. The Hall–Kier alpha value is -0.420. The molecule has 1 saturated heterocycles. The van der Waals surface area contributed by atoms with Gasteiger partial charge in [0.1, 0.15) is 4.90 Å². The molecule has 1 unspecified atom stereocenters. The van der Waals surface area contributed by atoms with Crippen molar-refractivity contribution >= 4 is 45.0 Å². The van der Waals surface area contributed by atoms with Gasteiger partial charge < -0.3 is 5.73 Å². The molecular weight excluding hydrogens is 351 g/mol. The average Bonchev–Trinajstić information content (AvgIpc) is 2.87. The highest BCUT2D eigenvalue weighted by Gasteiger charge is 2.27. The summed E-state index contributed by atoms with van der Waals surface area (Å²) in [6.45, 7) is 0.205. The summed E-state index contributed by atoms with van der Waals surface area (Å²) >= 11 is 13.9. The zero-order chi connectivity index (χ0) is 15.5. The van der Waals surface area contributed by atoms with Crippen molar-refractivity contribution in [3.05, 3.63) is 27.7 Å². The van der Waals surface area contributed by atoms with E-state index >= 15 is 0 Å². The van der Waals surface area contributed by atoms with Crippen LogP contribution >= 0.6 is 35.0 Å². The van der Waals surface area contributed by atoms with E-state index in [1.165, 1.54) is 12.1 Å². The number of thioether (sulfide) groups is 1. The maximum Gasteiger partial charge on any atom is 0.243 e. The van der Waals surface area contributed by atoms with Gasteiger partial charge in [0.05, 0.1) is 16.6 Å². The second-order valence-corrected chi connectivity index (χ2v) is 8.07. The van der Waals surface area contributed by atoms with E-state index in [-0.39, 0.29) is 27.5 Å². The molecule has 0 saturated carbocycles. The molecule has 21 heavy (non-hydrogen) atoms. The molecule has 0 radical (unpaired) electrons. The Balaban J connectivity index is 2.34. The number of rotatable bonds is 3. The summed E-state index contributed by atoms with van der Waals surface area (Å²) in [6.07, 6.45) is 0.805. The lowest BCUT2D eigenvalue weighted by molar-refractivity contribution is 0.563. The van der Waals surface area contributed by atoms with Gasteiger partial charge in [0.2, 0.25) is 10.0 Å². The first-order valence-corrected chi connectivity index (χ1v) is 9.61.